The third-order valence-corrected chi connectivity index (χ3v) is 7.63. The maximum absolute atomic E-state index is 11.6. The van der Waals surface area contributed by atoms with Gasteiger partial charge in [0.1, 0.15) is 0 Å². The van der Waals surface area contributed by atoms with Crippen molar-refractivity contribution in [2.75, 3.05) is 112 Å². The first-order chi connectivity index (χ1) is 25.0. The minimum Gasteiger partial charge on any atom is -0.381 e. The van der Waals surface area contributed by atoms with Crippen molar-refractivity contribution >= 4 is 23.4 Å². The van der Waals surface area contributed by atoms with E-state index in [4.69, 9.17) is 35.2 Å². The number of carbonyl (C=O) groups is 4. The SMILES string of the molecule is CC(C)CCCOCCCC(=O)CNC(=O)CN.CCCCOCCN(CCOCCCC(C)C)CCOCCOCCCC(=O)CNC(=O)CN. The Kier molecular flexibility index (Phi) is 40.2. The first kappa shape index (κ1) is 52.1. The van der Waals surface area contributed by atoms with Crippen LogP contribution in [0.25, 0.3) is 0 Å². The van der Waals surface area contributed by atoms with Crippen LogP contribution in [0.4, 0.5) is 0 Å². The van der Waals surface area contributed by atoms with Gasteiger partial charge in [-0.15, -0.1) is 0 Å². The maximum Gasteiger partial charge on any atom is 0.234 e. The lowest BCUT2D eigenvalue weighted by Gasteiger charge is -2.22. The van der Waals surface area contributed by atoms with E-state index >= 15 is 0 Å². The van der Waals surface area contributed by atoms with E-state index in [9.17, 15) is 19.2 Å². The van der Waals surface area contributed by atoms with Crippen molar-refractivity contribution < 1.29 is 42.9 Å². The first-order valence-corrected chi connectivity index (χ1v) is 19.6. The number of unbranched alkanes of at least 4 members (excludes halogenated alkanes) is 1. The molecule has 14 heteroatoms. The molecule has 0 fully saturated rings. The molecule has 0 aliphatic rings. The Balaban J connectivity index is 0. The summed E-state index contributed by atoms with van der Waals surface area (Å²) in [5.41, 5.74) is 10.3. The highest BCUT2D eigenvalue weighted by Crippen LogP contribution is 2.04. The van der Waals surface area contributed by atoms with Gasteiger partial charge in [-0.05, 0) is 56.8 Å². The predicted molar refractivity (Wildman–Crippen MR) is 206 cm³/mol. The summed E-state index contributed by atoms with van der Waals surface area (Å²) in [5, 5.41) is 4.92. The van der Waals surface area contributed by atoms with Crippen molar-refractivity contribution in [3.63, 3.8) is 0 Å². The van der Waals surface area contributed by atoms with Crippen molar-refractivity contribution in [1.82, 2.24) is 15.5 Å². The summed E-state index contributed by atoms with van der Waals surface area (Å²) < 4.78 is 28.2. The number of carbonyl (C=O) groups excluding carboxylic acids is 4. The molecule has 0 unspecified atom stereocenters. The van der Waals surface area contributed by atoms with E-state index in [-0.39, 0.29) is 49.6 Å². The fourth-order valence-corrected chi connectivity index (χ4v) is 4.44. The first-order valence-electron chi connectivity index (χ1n) is 19.6. The normalized spacial score (nSPS) is 11.2. The number of rotatable bonds is 37. The Hall–Kier alpha value is -2.04. The molecule has 0 radical (unpaired) electrons. The predicted octanol–water partition coefficient (Wildman–Crippen LogP) is 2.88. The lowest BCUT2D eigenvalue weighted by molar-refractivity contribution is -0.124. The van der Waals surface area contributed by atoms with Crippen LogP contribution in [0, 0.1) is 11.8 Å². The number of Topliss-reactive ketones (excluding diaryl/α,β-unsaturated/α-hetero) is 2. The number of nitrogens with zero attached hydrogens (tertiary/aromatic N) is 1. The van der Waals surface area contributed by atoms with Crippen LogP contribution in [0.15, 0.2) is 0 Å². The van der Waals surface area contributed by atoms with Crippen molar-refractivity contribution in [2.45, 2.75) is 98.8 Å². The molecular formula is C38H77N5O9. The summed E-state index contributed by atoms with van der Waals surface area (Å²) >= 11 is 0. The second-order valence-corrected chi connectivity index (χ2v) is 13.6. The summed E-state index contributed by atoms with van der Waals surface area (Å²) in [7, 11) is 0. The topological polar surface area (TPSA) is 194 Å². The fraction of sp³-hybridized carbons (Fsp3) is 0.895. The summed E-state index contributed by atoms with van der Waals surface area (Å²) in [6.45, 7) is 20.1. The van der Waals surface area contributed by atoms with Gasteiger partial charge in [0.2, 0.25) is 11.8 Å². The Morgan fingerprint density at radius 2 is 0.865 bits per heavy atom. The summed E-state index contributed by atoms with van der Waals surface area (Å²) in [6.07, 6.45) is 8.94. The third kappa shape index (κ3) is 42.4. The second-order valence-electron chi connectivity index (χ2n) is 13.6. The zero-order valence-corrected chi connectivity index (χ0v) is 33.5. The third-order valence-electron chi connectivity index (χ3n) is 7.63. The molecule has 0 spiro atoms. The van der Waals surface area contributed by atoms with Gasteiger partial charge in [0, 0.05) is 65.5 Å². The highest BCUT2D eigenvalue weighted by atomic mass is 16.5. The van der Waals surface area contributed by atoms with Crippen LogP contribution in [-0.2, 0) is 42.9 Å². The molecule has 52 heavy (non-hydrogen) atoms. The maximum atomic E-state index is 11.6. The molecule has 0 rings (SSSR count). The van der Waals surface area contributed by atoms with Crippen LogP contribution in [0.1, 0.15) is 98.8 Å². The molecule has 308 valence electrons. The van der Waals surface area contributed by atoms with Crippen molar-refractivity contribution in [2.24, 2.45) is 23.3 Å². The molecule has 0 bridgehead atoms. The molecule has 0 atom stereocenters. The highest BCUT2D eigenvalue weighted by molar-refractivity contribution is 5.87. The van der Waals surface area contributed by atoms with Gasteiger partial charge in [-0.25, -0.2) is 0 Å². The zero-order chi connectivity index (χ0) is 39.1. The molecule has 6 N–H and O–H groups in total. The lowest BCUT2D eigenvalue weighted by atomic mass is 10.1. The number of hydrogen-bond donors (Lipinski definition) is 4. The number of nitrogens with one attached hydrogen (secondary N) is 2. The Morgan fingerprint density at radius 1 is 0.519 bits per heavy atom. The molecular weight excluding hydrogens is 670 g/mol. The van der Waals surface area contributed by atoms with Gasteiger partial charge in [-0.1, -0.05) is 41.0 Å². The van der Waals surface area contributed by atoms with E-state index in [0.29, 0.717) is 64.6 Å². The van der Waals surface area contributed by atoms with Crippen LogP contribution in [0.2, 0.25) is 0 Å². The van der Waals surface area contributed by atoms with Crippen molar-refractivity contribution in [3.8, 4) is 0 Å². The molecule has 14 nitrogen and oxygen atoms in total. The van der Waals surface area contributed by atoms with Crippen molar-refractivity contribution in [1.29, 1.82) is 0 Å². The van der Waals surface area contributed by atoms with E-state index in [1.165, 1.54) is 12.8 Å². The number of nitrogens with two attached hydrogens (primary N) is 2. The summed E-state index contributed by atoms with van der Waals surface area (Å²) in [4.78, 5) is 47.1. The van der Waals surface area contributed by atoms with Gasteiger partial charge in [0.25, 0.3) is 0 Å². The fourth-order valence-electron chi connectivity index (χ4n) is 4.44. The molecule has 0 aliphatic carbocycles. The van der Waals surface area contributed by atoms with Crippen LogP contribution in [-0.4, -0.2) is 140 Å². The molecule has 0 aromatic heterocycles. The molecule has 0 saturated carbocycles. The Labute approximate surface area is 315 Å². The highest BCUT2D eigenvalue weighted by Gasteiger charge is 2.07. The number of ether oxygens (including phenoxy) is 5. The van der Waals surface area contributed by atoms with Gasteiger partial charge in [0.15, 0.2) is 11.6 Å². The average molecular weight is 748 g/mol. The smallest absolute Gasteiger partial charge is 0.234 e. The van der Waals surface area contributed by atoms with Crippen LogP contribution in [0.3, 0.4) is 0 Å². The standard InChI is InChI=1S/C25H51N3O6.C13H26N2O3/c1-4-5-13-31-16-10-28(11-17-32-14-6-8-23(2)3)12-18-34-20-19-33-15-7-9-24(29)22-27-25(30)21-26;1-11(2)5-3-7-18-8-4-6-12(16)10-15-13(17)9-14/h23H,4-22,26H2,1-3H3,(H,27,30);11H,3-10,14H2,1-2H3,(H,15,17). The number of hydrogen-bond acceptors (Lipinski definition) is 12. The Morgan fingerprint density at radius 3 is 1.25 bits per heavy atom. The van der Waals surface area contributed by atoms with E-state index in [1.54, 1.807) is 0 Å². The largest absolute Gasteiger partial charge is 0.381 e. The lowest BCUT2D eigenvalue weighted by Crippen LogP contribution is -2.34. The van der Waals surface area contributed by atoms with E-state index < -0.39 is 0 Å². The van der Waals surface area contributed by atoms with E-state index in [1.807, 2.05) is 0 Å². The van der Waals surface area contributed by atoms with Crippen LogP contribution < -0.4 is 22.1 Å². The molecule has 2 amide bonds. The summed E-state index contributed by atoms with van der Waals surface area (Å²) in [5.74, 6) is 0.805. The van der Waals surface area contributed by atoms with Gasteiger partial charge < -0.3 is 45.8 Å². The quantitative estimate of drug-likeness (QED) is 0.0681. The molecule has 0 heterocycles. The molecule has 0 aliphatic heterocycles. The number of ketones is 2. The van der Waals surface area contributed by atoms with Crippen LogP contribution in [0.5, 0.6) is 0 Å². The zero-order valence-electron chi connectivity index (χ0n) is 33.5. The van der Waals surface area contributed by atoms with Crippen molar-refractivity contribution in [3.05, 3.63) is 0 Å². The van der Waals surface area contributed by atoms with Gasteiger partial charge >= 0.3 is 0 Å². The Bertz CT molecular complexity index is 850. The van der Waals surface area contributed by atoms with Gasteiger partial charge in [-0.3, -0.25) is 24.1 Å². The van der Waals surface area contributed by atoms with Gasteiger partial charge in [-0.2, -0.15) is 0 Å². The monoisotopic (exact) mass is 748 g/mol. The minimum absolute atomic E-state index is 0.0163. The summed E-state index contributed by atoms with van der Waals surface area (Å²) in [6, 6.07) is 0. The molecule has 0 saturated heterocycles. The minimum atomic E-state index is -0.321. The second kappa shape index (κ2) is 40.2. The van der Waals surface area contributed by atoms with E-state index in [0.717, 1.165) is 84.3 Å². The molecule has 0 aromatic carbocycles. The number of amides is 2. The van der Waals surface area contributed by atoms with Crippen LogP contribution >= 0.6 is 0 Å². The van der Waals surface area contributed by atoms with Gasteiger partial charge in [0.05, 0.1) is 59.2 Å². The average Bonchev–Trinajstić information content (AvgIpc) is 3.12. The molecule has 0 aromatic rings. The van der Waals surface area contributed by atoms with E-state index in [2.05, 4.69) is 50.2 Å².